The molecule has 1 aromatic heterocycles. The van der Waals surface area contributed by atoms with Crippen LogP contribution in [-0.2, 0) is 13.0 Å². The molecule has 1 aliphatic rings. The number of nitrogens with two attached hydrogens (primary N) is 1. The van der Waals surface area contributed by atoms with E-state index in [0.717, 1.165) is 31.0 Å². The molecule has 0 unspecified atom stereocenters. The molecule has 0 atom stereocenters. The Morgan fingerprint density at radius 2 is 2.05 bits per heavy atom. The Hall–Kier alpha value is -1.94. The van der Waals surface area contributed by atoms with Crippen LogP contribution in [0.3, 0.4) is 0 Å². The minimum Gasteiger partial charge on any atom is -0.325 e. The van der Waals surface area contributed by atoms with Gasteiger partial charge in [-0.1, -0.05) is 18.2 Å². The topological polar surface area (TPSA) is 55.0 Å². The number of nitrogens with zero attached hydrogens (tertiary/aromatic N) is 3. The standard InChI is InChI=1S/C15H18N4/c16-11-13-8-9-17-15(18-13)19-10-4-3-6-12-5-1-2-7-14(12)19/h1-2,5,7-9H,3-4,6,10-11,16H2. The maximum atomic E-state index is 5.66. The van der Waals surface area contributed by atoms with Crippen molar-refractivity contribution in [1.82, 2.24) is 9.97 Å². The first kappa shape index (κ1) is 12.1. The molecular formula is C15H18N4. The number of anilines is 2. The van der Waals surface area contributed by atoms with Crippen molar-refractivity contribution in [3.8, 4) is 0 Å². The van der Waals surface area contributed by atoms with E-state index in [9.17, 15) is 0 Å². The molecule has 0 spiro atoms. The molecule has 1 aromatic carbocycles. The van der Waals surface area contributed by atoms with Gasteiger partial charge in [0.2, 0.25) is 5.95 Å². The summed E-state index contributed by atoms with van der Waals surface area (Å²) in [4.78, 5) is 11.2. The summed E-state index contributed by atoms with van der Waals surface area (Å²) in [6.45, 7) is 1.41. The third-order valence-corrected chi connectivity index (χ3v) is 3.51. The highest BCUT2D eigenvalue weighted by atomic mass is 15.3. The van der Waals surface area contributed by atoms with E-state index >= 15 is 0 Å². The fourth-order valence-corrected chi connectivity index (χ4v) is 2.53. The lowest BCUT2D eigenvalue weighted by Crippen LogP contribution is -2.21. The Morgan fingerprint density at radius 3 is 2.95 bits per heavy atom. The zero-order chi connectivity index (χ0) is 13.1. The van der Waals surface area contributed by atoms with Crippen LogP contribution in [0.15, 0.2) is 36.5 Å². The van der Waals surface area contributed by atoms with Crippen molar-refractivity contribution in [2.45, 2.75) is 25.8 Å². The van der Waals surface area contributed by atoms with Crippen molar-refractivity contribution in [3.63, 3.8) is 0 Å². The summed E-state index contributed by atoms with van der Waals surface area (Å²) in [5.74, 6) is 0.761. The Labute approximate surface area is 113 Å². The molecule has 0 saturated heterocycles. The minimum absolute atomic E-state index is 0.449. The normalized spacial score (nSPS) is 14.9. The summed E-state index contributed by atoms with van der Waals surface area (Å²) in [6.07, 6.45) is 5.29. The summed E-state index contributed by atoms with van der Waals surface area (Å²) < 4.78 is 0. The van der Waals surface area contributed by atoms with E-state index in [1.165, 1.54) is 17.7 Å². The highest BCUT2D eigenvalue weighted by Gasteiger charge is 2.18. The zero-order valence-corrected chi connectivity index (χ0v) is 10.9. The summed E-state index contributed by atoms with van der Waals surface area (Å²) in [5.41, 5.74) is 9.15. The molecule has 0 bridgehead atoms. The number of benzene rings is 1. The van der Waals surface area contributed by atoms with Gasteiger partial charge in [0, 0.05) is 25.0 Å². The maximum absolute atomic E-state index is 5.66. The SMILES string of the molecule is NCc1ccnc(N2CCCCc3ccccc32)n1. The van der Waals surface area contributed by atoms with Crippen LogP contribution in [0, 0.1) is 0 Å². The summed E-state index contributed by atoms with van der Waals surface area (Å²) in [5, 5.41) is 0. The second-order valence-corrected chi connectivity index (χ2v) is 4.79. The monoisotopic (exact) mass is 254 g/mol. The highest BCUT2D eigenvalue weighted by Crippen LogP contribution is 2.30. The predicted molar refractivity (Wildman–Crippen MR) is 76.3 cm³/mol. The third kappa shape index (κ3) is 2.44. The van der Waals surface area contributed by atoms with Crippen molar-refractivity contribution in [1.29, 1.82) is 0 Å². The molecule has 0 amide bonds. The van der Waals surface area contributed by atoms with E-state index in [1.54, 1.807) is 6.20 Å². The summed E-state index contributed by atoms with van der Waals surface area (Å²) in [7, 11) is 0. The fraction of sp³-hybridized carbons (Fsp3) is 0.333. The molecule has 4 heteroatoms. The lowest BCUT2D eigenvalue weighted by Gasteiger charge is -2.22. The van der Waals surface area contributed by atoms with Gasteiger partial charge in [-0.05, 0) is 37.0 Å². The lowest BCUT2D eigenvalue weighted by atomic mass is 10.1. The summed E-state index contributed by atoms with van der Waals surface area (Å²) in [6, 6.07) is 10.4. The maximum Gasteiger partial charge on any atom is 0.230 e. The first-order valence-corrected chi connectivity index (χ1v) is 6.76. The Balaban J connectivity index is 2.03. The smallest absolute Gasteiger partial charge is 0.230 e. The zero-order valence-electron chi connectivity index (χ0n) is 10.9. The Kier molecular flexibility index (Phi) is 3.42. The lowest BCUT2D eigenvalue weighted by molar-refractivity contribution is 0.751. The minimum atomic E-state index is 0.449. The molecule has 98 valence electrons. The van der Waals surface area contributed by atoms with Gasteiger partial charge >= 0.3 is 0 Å². The fourth-order valence-electron chi connectivity index (χ4n) is 2.53. The molecule has 19 heavy (non-hydrogen) atoms. The largest absolute Gasteiger partial charge is 0.325 e. The van der Waals surface area contributed by atoms with Crippen molar-refractivity contribution < 1.29 is 0 Å². The van der Waals surface area contributed by atoms with Gasteiger partial charge in [0.05, 0.1) is 5.69 Å². The van der Waals surface area contributed by atoms with Crippen LogP contribution in [0.4, 0.5) is 11.6 Å². The van der Waals surface area contributed by atoms with E-state index < -0.39 is 0 Å². The van der Waals surface area contributed by atoms with Gasteiger partial charge in [-0.15, -0.1) is 0 Å². The van der Waals surface area contributed by atoms with Crippen LogP contribution < -0.4 is 10.6 Å². The van der Waals surface area contributed by atoms with Gasteiger partial charge in [0.25, 0.3) is 0 Å². The second kappa shape index (κ2) is 5.36. The molecule has 0 radical (unpaired) electrons. The number of rotatable bonds is 2. The molecule has 4 nitrogen and oxygen atoms in total. The van der Waals surface area contributed by atoms with Gasteiger partial charge in [-0.25, -0.2) is 9.97 Å². The van der Waals surface area contributed by atoms with Gasteiger partial charge in [-0.2, -0.15) is 0 Å². The van der Waals surface area contributed by atoms with E-state index in [4.69, 9.17) is 5.73 Å². The first-order chi connectivity index (χ1) is 9.38. The third-order valence-electron chi connectivity index (χ3n) is 3.51. The van der Waals surface area contributed by atoms with E-state index in [0.29, 0.717) is 6.54 Å². The first-order valence-electron chi connectivity index (χ1n) is 6.76. The number of aryl methyl sites for hydroxylation is 1. The molecule has 2 heterocycles. The van der Waals surface area contributed by atoms with Crippen molar-refractivity contribution in [3.05, 3.63) is 47.8 Å². The van der Waals surface area contributed by atoms with Crippen LogP contribution in [-0.4, -0.2) is 16.5 Å². The van der Waals surface area contributed by atoms with Crippen molar-refractivity contribution >= 4 is 11.6 Å². The van der Waals surface area contributed by atoms with E-state index in [2.05, 4.69) is 39.1 Å². The van der Waals surface area contributed by atoms with E-state index in [-0.39, 0.29) is 0 Å². The quantitative estimate of drug-likeness (QED) is 0.894. The van der Waals surface area contributed by atoms with Crippen molar-refractivity contribution in [2.75, 3.05) is 11.4 Å². The van der Waals surface area contributed by atoms with Crippen LogP contribution in [0.1, 0.15) is 24.1 Å². The molecule has 3 rings (SSSR count). The predicted octanol–water partition coefficient (Wildman–Crippen LogP) is 2.41. The molecule has 0 saturated carbocycles. The van der Waals surface area contributed by atoms with Gasteiger partial charge < -0.3 is 10.6 Å². The van der Waals surface area contributed by atoms with Crippen LogP contribution >= 0.6 is 0 Å². The molecule has 0 fully saturated rings. The van der Waals surface area contributed by atoms with Crippen molar-refractivity contribution in [2.24, 2.45) is 5.73 Å². The molecule has 2 aromatic rings. The van der Waals surface area contributed by atoms with Gasteiger partial charge in [0.15, 0.2) is 0 Å². The van der Waals surface area contributed by atoms with Gasteiger partial charge in [0.1, 0.15) is 0 Å². The summed E-state index contributed by atoms with van der Waals surface area (Å²) >= 11 is 0. The van der Waals surface area contributed by atoms with E-state index in [1.807, 2.05) is 6.07 Å². The van der Waals surface area contributed by atoms with Crippen LogP contribution in [0.25, 0.3) is 0 Å². The average Bonchev–Trinajstić information content (AvgIpc) is 2.69. The number of para-hydroxylation sites is 1. The van der Waals surface area contributed by atoms with Crippen LogP contribution in [0.2, 0.25) is 0 Å². The van der Waals surface area contributed by atoms with Gasteiger partial charge in [-0.3, -0.25) is 0 Å². The molecule has 1 aliphatic heterocycles. The number of fused-ring (bicyclic) bond motifs is 1. The Bertz CT molecular complexity index is 568. The molecule has 2 N–H and O–H groups in total. The highest BCUT2D eigenvalue weighted by molar-refractivity contribution is 5.62. The number of aromatic nitrogens is 2. The Morgan fingerprint density at radius 1 is 1.16 bits per heavy atom. The van der Waals surface area contributed by atoms with Crippen LogP contribution in [0.5, 0.6) is 0 Å². The molecule has 0 aliphatic carbocycles. The number of hydrogen-bond donors (Lipinski definition) is 1. The molecular weight excluding hydrogens is 236 g/mol. The number of hydrogen-bond acceptors (Lipinski definition) is 4. The second-order valence-electron chi connectivity index (χ2n) is 4.79. The average molecular weight is 254 g/mol.